The summed E-state index contributed by atoms with van der Waals surface area (Å²) >= 11 is 1.43. The molecule has 2 rings (SSSR count). The Hall–Kier alpha value is -2.10. The maximum atomic E-state index is 12.1. The maximum Gasteiger partial charge on any atom is 0.268 e. The lowest BCUT2D eigenvalue weighted by Crippen LogP contribution is -2.33. The quantitative estimate of drug-likeness (QED) is 0.796. The minimum Gasteiger partial charge on any atom is -0.384 e. The largest absolute Gasteiger partial charge is 0.384 e. The summed E-state index contributed by atoms with van der Waals surface area (Å²) in [6.45, 7) is 3.40. The average Bonchev–Trinajstić information content (AvgIpc) is 2.87. The molecule has 0 aromatic carbocycles. The molecule has 0 aliphatic heterocycles. The van der Waals surface area contributed by atoms with E-state index < -0.39 is 0 Å². The van der Waals surface area contributed by atoms with Gasteiger partial charge in [0.1, 0.15) is 6.61 Å². The summed E-state index contributed by atoms with van der Waals surface area (Å²) < 4.78 is 1.31. The molecule has 0 fully saturated rings. The molecule has 0 aliphatic carbocycles. The molecule has 2 aromatic heterocycles. The van der Waals surface area contributed by atoms with Crippen LogP contribution in [-0.4, -0.2) is 21.5 Å². The van der Waals surface area contributed by atoms with Crippen LogP contribution in [0.1, 0.15) is 20.9 Å². The van der Waals surface area contributed by atoms with Crippen LogP contribution in [-0.2, 0) is 6.54 Å². The van der Waals surface area contributed by atoms with Gasteiger partial charge in [-0.1, -0.05) is 11.8 Å². The molecule has 0 aliphatic rings. The maximum absolute atomic E-state index is 12.1. The van der Waals surface area contributed by atoms with E-state index in [1.807, 2.05) is 12.1 Å². The van der Waals surface area contributed by atoms with E-state index in [-0.39, 0.29) is 17.7 Å². The number of thiophene rings is 1. The van der Waals surface area contributed by atoms with Gasteiger partial charge in [-0.15, -0.1) is 11.3 Å². The Kier molecular flexibility index (Phi) is 4.23. The predicted octanol–water partition coefficient (Wildman–Crippen LogP) is 0.607. The highest BCUT2D eigenvalue weighted by Crippen LogP contribution is 2.15. The number of aromatic nitrogens is 2. The molecule has 0 radical (unpaired) electrons. The molecular weight excluding hydrogens is 276 g/mol. The van der Waals surface area contributed by atoms with Crippen LogP contribution in [0, 0.1) is 25.7 Å². The lowest BCUT2D eigenvalue weighted by atomic mass is 10.2. The molecule has 20 heavy (non-hydrogen) atoms. The molecule has 6 heteroatoms. The number of aromatic amines is 1. The van der Waals surface area contributed by atoms with Gasteiger partial charge < -0.3 is 5.11 Å². The molecule has 0 spiro atoms. The number of H-pyrrole nitrogens is 1. The summed E-state index contributed by atoms with van der Waals surface area (Å²) in [5, 5.41) is 11.2. The number of nitrogens with one attached hydrogen (secondary N) is 1. The SMILES string of the molecule is Cc1c(C)c(=O)n(Cc2ccc(C#CCO)s2)[nH]c1=O. The molecular formula is C14H14N2O3S. The lowest BCUT2D eigenvalue weighted by Gasteiger charge is -2.06. The summed E-state index contributed by atoms with van der Waals surface area (Å²) in [6, 6.07) is 3.68. The first-order chi connectivity index (χ1) is 9.52. The van der Waals surface area contributed by atoms with Gasteiger partial charge in [-0.05, 0) is 26.0 Å². The standard InChI is InChI=1S/C14H14N2O3S/c1-9-10(2)14(19)16(15-13(9)18)8-12-6-5-11(20-12)4-3-7-17/h5-6,17H,7-8H2,1-2H3,(H,15,18). The molecule has 0 unspecified atom stereocenters. The lowest BCUT2D eigenvalue weighted by molar-refractivity contribution is 0.350. The van der Waals surface area contributed by atoms with E-state index >= 15 is 0 Å². The van der Waals surface area contributed by atoms with E-state index in [0.717, 1.165) is 9.75 Å². The molecule has 2 aromatic rings. The van der Waals surface area contributed by atoms with Crippen molar-refractivity contribution in [3.63, 3.8) is 0 Å². The highest BCUT2D eigenvalue weighted by Gasteiger charge is 2.08. The second-order valence-corrected chi connectivity index (χ2v) is 5.48. The molecule has 0 atom stereocenters. The smallest absolute Gasteiger partial charge is 0.268 e. The van der Waals surface area contributed by atoms with Crippen molar-refractivity contribution in [2.45, 2.75) is 20.4 Å². The minimum atomic E-state index is -0.251. The topological polar surface area (TPSA) is 75.1 Å². The number of hydrogen-bond acceptors (Lipinski definition) is 4. The second kappa shape index (κ2) is 5.90. The van der Waals surface area contributed by atoms with Crippen molar-refractivity contribution in [1.82, 2.24) is 9.78 Å². The van der Waals surface area contributed by atoms with E-state index in [2.05, 4.69) is 16.9 Å². The third kappa shape index (κ3) is 2.90. The van der Waals surface area contributed by atoms with Gasteiger partial charge in [0.2, 0.25) is 0 Å². The molecule has 5 nitrogen and oxygen atoms in total. The van der Waals surface area contributed by atoms with E-state index in [4.69, 9.17) is 5.11 Å². The van der Waals surface area contributed by atoms with E-state index in [1.165, 1.54) is 16.0 Å². The predicted molar refractivity (Wildman–Crippen MR) is 78.2 cm³/mol. The first-order valence-electron chi connectivity index (χ1n) is 6.01. The van der Waals surface area contributed by atoms with Crippen molar-refractivity contribution in [3.05, 3.63) is 53.7 Å². The molecule has 0 saturated carbocycles. The highest BCUT2D eigenvalue weighted by molar-refractivity contribution is 7.12. The normalized spacial score (nSPS) is 10.2. The Morgan fingerprint density at radius 2 is 2.05 bits per heavy atom. The van der Waals surface area contributed by atoms with Crippen LogP contribution in [0.5, 0.6) is 0 Å². The van der Waals surface area contributed by atoms with Gasteiger partial charge >= 0.3 is 0 Å². The van der Waals surface area contributed by atoms with E-state index in [0.29, 0.717) is 17.7 Å². The summed E-state index contributed by atoms with van der Waals surface area (Å²) in [6.07, 6.45) is 0. The van der Waals surface area contributed by atoms with Crippen LogP contribution < -0.4 is 11.1 Å². The van der Waals surface area contributed by atoms with Crippen LogP contribution in [0.15, 0.2) is 21.7 Å². The van der Waals surface area contributed by atoms with E-state index in [1.54, 1.807) is 13.8 Å². The van der Waals surface area contributed by atoms with Crippen molar-refractivity contribution in [3.8, 4) is 11.8 Å². The van der Waals surface area contributed by atoms with Gasteiger partial charge in [0.05, 0.1) is 11.4 Å². The van der Waals surface area contributed by atoms with E-state index in [9.17, 15) is 9.59 Å². The number of nitrogens with zero attached hydrogens (tertiary/aromatic N) is 1. The minimum absolute atomic E-state index is 0.183. The van der Waals surface area contributed by atoms with Gasteiger partial charge in [-0.3, -0.25) is 14.7 Å². The number of aliphatic hydroxyl groups excluding tert-OH is 1. The van der Waals surface area contributed by atoms with Gasteiger partial charge in [0, 0.05) is 16.0 Å². The molecule has 0 saturated heterocycles. The summed E-state index contributed by atoms with van der Waals surface area (Å²) in [4.78, 5) is 25.5. The second-order valence-electron chi connectivity index (χ2n) is 4.31. The monoisotopic (exact) mass is 290 g/mol. The fourth-order valence-corrected chi connectivity index (χ4v) is 2.59. The zero-order valence-electron chi connectivity index (χ0n) is 11.2. The third-order valence-electron chi connectivity index (χ3n) is 2.97. The van der Waals surface area contributed by atoms with Crippen molar-refractivity contribution in [2.75, 3.05) is 6.61 Å². The Labute approximate surface area is 119 Å². The molecule has 2 heterocycles. The number of hydrogen-bond donors (Lipinski definition) is 2. The first-order valence-corrected chi connectivity index (χ1v) is 6.83. The van der Waals surface area contributed by atoms with Crippen LogP contribution in [0.25, 0.3) is 0 Å². The summed E-state index contributed by atoms with van der Waals surface area (Å²) in [7, 11) is 0. The summed E-state index contributed by atoms with van der Waals surface area (Å²) in [5.74, 6) is 5.37. The van der Waals surface area contributed by atoms with Crippen molar-refractivity contribution >= 4 is 11.3 Å². The molecule has 2 N–H and O–H groups in total. The third-order valence-corrected chi connectivity index (χ3v) is 3.96. The van der Waals surface area contributed by atoms with Crippen LogP contribution in [0.4, 0.5) is 0 Å². The Morgan fingerprint density at radius 3 is 2.75 bits per heavy atom. The van der Waals surface area contributed by atoms with Gasteiger partial charge in [-0.25, -0.2) is 4.68 Å². The van der Waals surface area contributed by atoms with Crippen molar-refractivity contribution in [2.24, 2.45) is 0 Å². The fourth-order valence-electron chi connectivity index (χ4n) is 1.71. The average molecular weight is 290 g/mol. The Bertz CT molecular complexity index is 802. The molecule has 0 bridgehead atoms. The van der Waals surface area contributed by atoms with Crippen molar-refractivity contribution in [1.29, 1.82) is 0 Å². The van der Waals surface area contributed by atoms with Crippen LogP contribution in [0.2, 0.25) is 0 Å². The summed E-state index contributed by atoms with van der Waals surface area (Å²) in [5.41, 5.74) is 0.468. The molecule has 104 valence electrons. The first kappa shape index (κ1) is 14.3. The number of aliphatic hydroxyl groups is 1. The van der Waals surface area contributed by atoms with Crippen molar-refractivity contribution < 1.29 is 5.11 Å². The Morgan fingerprint density at radius 1 is 1.30 bits per heavy atom. The van der Waals surface area contributed by atoms with Gasteiger partial charge in [-0.2, -0.15) is 0 Å². The number of rotatable bonds is 2. The van der Waals surface area contributed by atoms with Gasteiger partial charge in [0.25, 0.3) is 11.1 Å². The van der Waals surface area contributed by atoms with Crippen LogP contribution in [0.3, 0.4) is 0 Å². The Balaban J connectivity index is 2.34. The molecule has 0 amide bonds. The fraction of sp³-hybridized carbons (Fsp3) is 0.286. The van der Waals surface area contributed by atoms with Crippen LogP contribution >= 0.6 is 11.3 Å². The van der Waals surface area contributed by atoms with Gasteiger partial charge in [0.15, 0.2) is 0 Å². The zero-order valence-corrected chi connectivity index (χ0v) is 12.0. The zero-order chi connectivity index (χ0) is 14.7. The highest BCUT2D eigenvalue weighted by atomic mass is 32.1.